The Morgan fingerprint density at radius 1 is 1.05 bits per heavy atom. The normalized spacial score (nSPS) is 48.1. The van der Waals surface area contributed by atoms with Crippen LogP contribution in [0.15, 0.2) is 11.1 Å². The summed E-state index contributed by atoms with van der Waals surface area (Å²) in [6.45, 7) is 14.5. The fourth-order valence-electron chi connectivity index (χ4n) is 6.71. The molecule has 0 radical (unpaired) electrons. The van der Waals surface area contributed by atoms with Crippen LogP contribution in [0.2, 0.25) is 0 Å². The minimum absolute atomic E-state index is 0.440. The predicted molar refractivity (Wildman–Crippen MR) is 82.5 cm³/mol. The Hall–Kier alpha value is -0.300. The van der Waals surface area contributed by atoms with Crippen LogP contribution in [-0.4, -0.2) is 13.2 Å². The van der Waals surface area contributed by atoms with E-state index in [9.17, 15) is 0 Å². The van der Waals surface area contributed by atoms with E-state index in [-0.39, 0.29) is 0 Å². The monoisotopic (exact) mass is 274 g/mol. The molecule has 2 bridgehead atoms. The molecular formula is C19H30O. The first-order chi connectivity index (χ1) is 9.30. The van der Waals surface area contributed by atoms with Crippen molar-refractivity contribution >= 4 is 0 Å². The number of fused-ring (bicyclic) bond motifs is 2. The van der Waals surface area contributed by atoms with E-state index in [0.717, 1.165) is 19.1 Å². The number of allylic oxidation sites excluding steroid dienone is 1. The minimum Gasteiger partial charge on any atom is -0.380 e. The van der Waals surface area contributed by atoms with E-state index in [0.29, 0.717) is 28.1 Å². The molecule has 4 rings (SSSR count). The molecule has 4 unspecified atom stereocenters. The van der Waals surface area contributed by atoms with Crippen molar-refractivity contribution in [2.24, 2.45) is 34.0 Å². The van der Waals surface area contributed by atoms with Crippen molar-refractivity contribution in [2.45, 2.75) is 60.3 Å². The highest BCUT2D eigenvalue weighted by atomic mass is 16.5. The second-order valence-electron chi connectivity index (χ2n) is 9.30. The molecule has 4 atom stereocenters. The Labute approximate surface area is 124 Å². The molecule has 0 N–H and O–H groups in total. The van der Waals surface area contributed by atoms with Gasteiger partial charge in [-0.1, -0.05) is 45.8 Å². The molecule has 1 saturated heterocycles. The van der Waals surface area contributed by atoms with E-state index in [2.05, 4.69) is 34.6 Å². The van der Waals surface area contributed by atoms with Crippen molar-refractivity contribution in [1.29, 1.82) is 0 Å². The second-order valence-corrected chi connectivity index (χ2v) is 9.30. The molecule has 20 heavy (non-hydrogen) atoms. The van der Waals surface area contributed by atoms with Gasteiger partial charge >= 0.3 is 0 Å². The summed E-state index contributed by atoms with van der Waals surface area (Å²) >= 11 is 0. The van der Waals surface area contributed by atoms with Crippen molar-refractivity contribution in [1.82, 2.24) is 0 Å². The van der Waals surface area contributed by atoms with Crippen molar-refractivity contribution in [3.05, 3.63) is 11.1 Å². The van der Waals surface area contributed by atoms with Crippen LogP contribution in [0, 0.1) is 34.0 Å². The molecular weight excluding hydrogens is 244 g/mol. The summed E-state index contributed by atoms with van der Waals surface area (Å²) in [6.07, 6.45) is 5.72. The van der Waals surface area contributed by atoms with Gasteiger partial charge in [0.2, 0.25) is 0 Å². The Morgan fingerprint density at radius 3 is 2.55 bits per heavy atom. The highest BCUT2D eigenvalue weighted by Gasteiger charge is 2.66. The largest absolute Gasteiger partial charge is 0.380 e. The molecule has 0 aromatic carbocycles. The van der Waals surface area contributed by atoms with E-state index < -0.39 is 0 Å². The van der Waals surface area contributed by atoms with Crippen LogP contribution < -0.4 is 0 Å². The summed E-state index contributed by atoms with van der Waals surface area (Å²) < 4.78 is 5.90. The highest BCUT2D eigenvalue weighted by molar-refractivity contribution is 5.43. The molecule has 1 aliphatic heterocycles. The van der Waals surface area contributed by atoms with Gasteiger partial charge in [-0.2, -0.15) is 0 Å². The average Bonchev–Trinajstić information content (AvgIpc) is 2.86. The molecule has 2 saturated carbocycles. The Bertz CT molecular complexity index is 484. The van der Waals surface area contributed by atoms with Crippen LogP contribution in [-0.2, 0) is 4.74 Å². The minimum atomic E-state index is 0.440. The van der Waals surface area contributed by atoms with E-state index in [1.54, 1.807) is 0 Å². The summed E-state index contributed by atoms with van der Waals surface area (Å²) in [5.41, 5.74) is 5.16. The maximum absolute atomic E-state index is 5.90. The first-order valence-corrected chi connectivity index (χ1v) is 8.62. The molecule has 3 fully saturated rings. The van der Waals surface area contributed by atoms with Crippen LogP contribution in [0.3, 0.4) is 0 Å². The summed E-state index contributed by atoms with van der Waals surface area (Å²) in [6, 6.07) is 0. The number of hydrogen-bond acceptors (Lipinski definition) is 1. The summed E-state index contributed by atoms with van der Waals surface area (Å²) in [5.74, 6) is 2.28. The Kier molecular flexibility index (Phi) is 2.48. The smallest absolute Gasteiger partial charge is 0.0532 e. The van der Waals surface area contributed by atoms with Crippen LogP contribution in [0.1, 0.15) is 60.3 Å². The van der Waals surface area contributed by atoms with Crippen LogP contribution in [0.25, 0.3) is 0 Å². The zero-order chi connectivity index (χ0) is 14.3. The van der Waals surface area contributed by atoms with Crippen molar-refractivity contribution < 1.29 is 4.74 Å². The van der Waals surface area contributed by atoms with E-state index in [1.165, 1.54) is 25.7 Å². The third kappa shape index (κ3) is 1.34. The lowest BCUT2D eigenvalue weighted by Gasteiger charge is -2.56. The lowest BCUT2D eigenvalue weighted by atomic mass is 9.49. The zero-order valence-electron chi connectivity index (χ0n) is 13.9. The van der Waals surface area contributed by atoms with Gasteiger partial charge in [-0.05, 0) is 47.8 Å². The molecule has 1 spiro atoms. The number of ether oxygens (including phenoxy) is 1. The third-order valence-corrected chi connectivity index (χ3v) is 7.66. The fourth-order valence-corrected chi connectivity index (χ4v) is 6.71. The maximum Gasteiger partial charge on any atom is 0.0532 e. The number of rotatable bonds is 0. The third-order valence-electron chi connectivity index (χ3n) is 7.66. The Balaban J connectivity index is 1.98. The van der Waals surface area contributed by atoms with Gasteiger partial charge in [0.15, 0.2) is 0 Å². The molecule has 3 aliphatic carbocycles. The summed E-state index contributed by atoms with van der Waals surface area (Å²) in [4.78, 5) is 0. The topological polar surface area (TPSA) is 9.23 Å². The van der Waals surface area contributed by atoms with Crippen molar-refractivity contribution in [2.75, 3.05) is 13.2 Å². The lowest BCUT2D eigenvalue weighted by molar-refractivity contribution is -0.00732. The highest BCUT2D eigenvalue weighted by Crippen LogP contribution is 2.76. The molecule has 1 heteroatoms. The van der Waals surface area contributed by atoms with Gasteiger partial charge in [0.1, 0.15) is 0 Å². The van der Waals surface area contributed by atoms with Crippen molar-refractivity contribution in [3.8, 4) is 0 Å². The summed E-state index contributed by atoms with van der Waals surface area (Å²) in [7, 11) is 0. The van der Waals surface area contributed by atoms with Crippen molar-refractivity contribution in [3.63, 3.8) is 0 Å². The van der Waals surface area contributed by atoms with Gasteiger partial charge in [0.05, 0.1) is 13.2 Å². The van der Waals surface area contributed by atoms with Crippen LogP contribution in [0.4, 0.5) is 0 Å². The zero-order valence-corrected chi connectivity index (χ0v) is 13.9. The maximum atomic E-state index is 5.90. The summed E-state index contributed by atoms with van der Waals surface area (Å²) in [5, 5.41) is 0. The first-order valence-electron chi connectivity index (χ1n) is 8.62. The predicted octanol–water partition coefficient (Wildman–Crippen LogP) is 4.82. The van der Waals surface area contributed by atoms with Gasteiger partial charge in [-0.25, -0.2) is 0 Å². The van der Waals surface area contributed by atoms with Gasteiger partial charge in [0, 0.05) is 11.8 Å². The molecule has 1 nitrogen and oxygen atoms in total. The van der Waals surface area contributed by atoms with Gasteiger partial charge < -0.3 is 4.74 Å². The van der Waals surface area contributed by atoms with Gasteiger partial charge in [0.25, 0.3) is 0 Å². The van der Waals surface area contributed by atoms with E-state index in [4.69, 9.17) is 4.74 Å². The molecule has 0 amide bonds. The average molecular weight is 274 g/mol. The molecule has 0 aromatic rings. The molecule has 112 valence electrons. The quantitative estimate of drug-likeness (QED) is 0.575. The van der Waals surface area contributed by atoms with E-state index >= 15 is 0 Å². The standard InChI is InChI=1S/C19H30O/c1-12-10-20-11-13-8-17(2,3)19-7-6-14(9-19)18(4,5)16(19)15(12)13/h12-14H,6-11H2,1-5H3. The van der Waals surface area contributed by atoms with Crippen LogP contribution in [0.5, 0.6) is 0 Å². The molecule has 0 aromatic heterocycles. The SMILES string of the molecule is CC1COCC2CC(C)(C)C34CCC(C3)C(C)(C)C4=C12. The lowest BCUT2D eigenvalue weighted by Crippen LogP contribution is -2.48. The van der Waals surface area contributed by atoms with Gasteiger partial charge in [-0.15, -0.1) is 0 Å². The fraction of sp³-hybridized carbons (Fsp3) is 0.895. The van der Waals surface area contributed by atoms with Crippen LogP contribution >= 0.6 is 0 Å². The van der Waals surface area contributed by atoms with E-state index in [1.807, 2.05) is 11.1 Å². The molecule has 1 heterocycles. The first kappa shape index (κ1) is 13.4. The van der Waals surface area contributed by atoms with Gasteiger partial charge in [-0.3, -0.25) is 0 Å². The second kappa shape index (κ2) is 3.72. The number of hydrogen-bond donors (Lipinski definition) is 0. The molecule has 4 aliphatic rings. The Morgan fingerprint density at radius 2 is 1.80 bits per heavy atom.